The van der Waals surface area contributed by atoms with E-state index in [1.807, 2.05) is 0 Å². The minimum absolute atomic E-state index is 0.102. The number of carboxylic acid groups (broad SMARTS) is 1. The Morgan fingerprint density at radius 2 is 1.81 bits per heavy atom. The zero-order valence-corrected chi connectivity index (χ0v) is 12.4. The molecule has 0 aliphatic heterocycles. The normalized spacial score (nSPS) is 10.8. The summed E-state index contributed by atoms with van der Waals surface area (Å²) in [5.74, 6) is -1.54. The molecule has 0 heterocycles. The molecule has 0 radical (unpaired) electrons. The van der Waals surface area contributed by atoms with Crippen molar-refractivity contribution in [1.82, 2.24) is 10.6 Å². The second-order valence-electron chi connectivity index (χ2n) is 5.71. The van der Waals surface area contributed by atoms with Gasteiger partial charge in [0, 0.05) is 12.0 Å². The highest BCUT2D eigenvalue weighted by atomic mass is 16.4. The van der Waals surface area contributed by atoms with E-state index < -0.39 is 11.4 Å². The Kier molecular flexibility index (Phi) is 5.46. The van der Waals surface area contributed by atoms with Crippen LogP contribution in [0.2, 0.25) is 0 Å². The summed E-state index contributed by atoms with van der Waals surface area (Å²) in [6, 6.07) is 6.32. The van der Waals surface area contributed by atoms with E-state index >= 15 is 0 Å². The molecule has 0 aliphatic carbocycles. The van der Waals surface area contributed by atoms with Crippen LogP contribution in [0.3, 0.4) is 0 Å². The van der Waals surface area contributed by atoms with E-state index in [0.29, 0.717) is 5.56 Å². The lowest BCUT2D eigenvalue weighted by Gasteiger charge is -2.17. The molecule has 1 rings (SSSR count). The molecule has 0 unspecified atom stereocenters. The summed E-state index contributed by atoms with van der Waals surface area (Å²) in [4.78, 5) is 34.1. The number of rotatable bonds is 5. The lowest BCUT2D eigenvalue weighted by molar-refractivity contribution is -0.131. The smallest absolute Gasteiger partial charge is 0.335 e. The summed E-state index contributed by atoms with van der Waals surface area (Å²) in [6.07, 6.45) is 0. The van der Waals surface area contributed by atoms with Gasteiger partial charge in [0.15, 0.2) is 0 Å². The molecule has 0 spiro atoms. The number of carbonyl (C=O) groups is 3. The van der Waals surface area contributed by atoms with E-state index in [2.05, 4.69) is 10.6 Å². The first-order valence-corrected chi connectivity index (χ1v) is 6.57. The number of hydrogen-bond donors (Lipinski definition) is 3. The van der Waals surface area contributed by atoms with Crippen molar-refractivity contribution in [3.05, 3.63) is 35.4 Å². The van der Waals surface area contributed by atoms with Crippen LogP contribution in [-0.2, 0) is 16.1 Å². The van der Waals surface area contributed by atoms with Crippen LogP contribution in [0.4, 0.5) is 0 Å². The molecule has 1 aromatic carbocycles. The predicted molar refractivity (Wildman–Crippen MR) is 77.7 cm³/mol. The summed E-state index contributed by atoms with van der Waals surface area (Å²) in [5, 5.41) is 14.0. The van der Waals surface area contributed by atoms with Gasteiger partial charge in [0.25, 0.3) is 0 Å². The summed E-state index contributed by atoms with van der Waals surface area (Å²) >= 11 is 0. The molecule has 0 saturated heterocycles. The monoisotopic (exact) mass is 292 g/mol. The fraction of sp³-hybridized carbons (Fsp3) is 0.400. The van der Waals surface area contributed by atoms with E-state index in [1.165, 1.54) is 12.1 Å². The molecule has 2 amide bonds. The molecule has 0 aromatic heterocycles. The standard InChI is InChI=1S/C15H20N2O4/c1-15(2,3)14(21)17-9-12(18)16-8-10-5-4-6-11(7-10)13(19)20/h4-7H,8-9H2,1-3H3,(H,16,18)(H,17,21)(H,19,20). The third-order valence-corrected chi connectivity index (χ3v) is 2.75. The molecule has 6 heteroatoms. The van der Waals surface area contributed by atoms with Crippen molar-refractivity contribution >= 4 is 17.8 Å². The van der Waals surface area contributed by atoms with Crippen molar-refractivity contribution in [3.8, 4) is 0 Å². The Morgan fingerprint density at radius 1 is 1.14 bits per heavy atom. The number of aromatic carboxylic acids is 1. The minimum atomic E-state index is -1.01. The van der Waals surface area contributed by atoms with Crippen LogP contribution in [0.25, 0.3) is 0 Å². The number of amides is 2. The van der Waals surface area contributed by atoms with E-state index in [9.17, 15) is 14.4 Å². The van der Waals surface area contributed by atoms with Crippen LogP contribution >= 0.6 is 0 Å². The third-order valence-electron chi connectivity index (χ3n) is 2.75. The highest BCUT2D eigenvalue weighted by molar-refractivity contribution is 5.88. The number of carboxylic acids is 1. The SMILES string of the molecule is CC(C)(C)C(=O)NCC(=O)NCc1cccc(C(=O)O)c1. The van der Waals surface area contributed by atoms with Gasteiger partial charge >= 0.3 is 5.97 Å². The second-order valence-corrected chi connectivity index (χ2v) is 5.71. The molecular weight excluding hydrogens is 272 g/mol. The molecule has 0 saturated carbocycles. The fourth-order valence-electron chi connectivity index (χ4n) is 1.50. The van der Waals surface area contributed by atoms with E-state index in [0.717, 1.165) is 0 Å². The van der Waals surface area contributed by atoms with Crippen molar-refractivity contribution in [1.29, 1.82) is 0 Å². The van der Waals surface area contributed by atoms with Gasteiger partial charge in [-0.3, -0.25) is 9.59 Å². The number of carbonyl (C=O) groups excluding carboxylic acids is 2. The second kappa shape index (κ2) is 6.88. The lowest BCUT2D eigenvalue weighted by Crippen LogP contribution is -2.41. The van der Waals surface area contributed by atoms with Gasteiger partial charge in [-0.2, -0.15) is 0 Å². The van der Waals surface area contributed by atoms with Crippen LogP contribution in [-0.4, -0.2) is 29.4 Å². The zero-order chi connectivity index (χ0) is 16.0. The molecule has 21 heavy (non-hydrogen) atoms. The summed E-state index contributed by atoms with van der Waals surface area (Å²) in [7, 11) is 0. The summed E-state index contributed by atoms with van der Waals surface area (Å²) in [5.41, 5.74) is 0.309. The van der Waals surface area contributed by atoms with Gasteiger partial charge in [0.2, 0.25) is 11.8 Å². The molecule has 3 N–H and O–H groups in total. The zero-order valence-electron chi connectivity index (χ0n) is 12.4. The van der Waals surface area contributed by atoms with Crippen LogP contribution in [0.5, 0.6) is 0 Å². The predicted octanol–water partition coefficient (Wildman–Crippen LogP) is 1.16. The Hall–Kier alpha value is -2.37. The van der Waals surface area contributed by atoms with Gasteiger partial charge in [-0.1, -0.05) is 32.9 Å². The highest BCUT2D eigenvalue weighted by Crippen LogP contribution is 2.11. The maximum atomic E-state index is 11.6. The maximum absolute atomic E-state index is 11.6. The average molecular weight is 292 g/mol. The van der Waals surface area contributed by atoms with E-state index in [1.54, 1.807) is 32.9 Å². The topological polar surface area (TPSA) is 95.5 Å². The molecule has 0 aliphatic rings. The van der Waals surface area contributed by atoms with Crippen molar-refractivity contribution in [2.24, 2.45) is 5.41 Å². The van der Waals surface area contributed by atoms with Gasteiger partial charge in [-0.15, -0.1) is 0 Å². The summed E-state index contributed by atoms with van der Waals surface area (Å²) in [6.45, 7) is 5.40. The molecule has 0 bridgehead atoms. The molecule has 0 fully saturated rings. The first-order chi connectivity index (χ1) is 9.70. The molecular formula is C15H20N2O4. The van der Waals surface area contributed by atoms with Crippen molar-refractivity contribution in [2.75, 3.05) is 6.54 Å². The van der Waals surface area contributed by atoms with Crippen LogP contribution in [0, 0.1) is 5.41 Å². The number of hydrogen-bond acceptors (Lipinski definition) is 3. The molecule has 114 valence electrons. The Bertz CT molecular complexity index is 547. The van der Waals surface area contributed by atoms with Crippen molar-refractivity contribution in [3.63, 3.8) is 0 Å². The first-order valence-electron chi connectivity index (χ1n) is 6.57. The van der Waals surface area contributed by atoms with E-state index in [-0.39, 0.29) is 30.5 Å². The van der Waals surface area contributed by atoms with E-state index in [4.69, 9.17) is 5.11 Å². The molecule has 0 atom stereocenters. The van der Waals surface area contributed by atoms with Crippen LogP contribution in [0.1, 0.15) is 36.7 Å². The maximum Gasteiger partial charge on any atom is 0.335 e. The third kappa shape index (κ3) is 5.64. The lowest BCUT2D eigenvalue weighted by atomic mass is 9.96. The first kappa shape index (κ1) is 16.7. The Balaban J connectivity index is 2.45. The van der Waals surface area contributed by atoms with Gasteiger partial charge in [0.1, 0.15) is 0 Å². The quantitative estimate of drug-likeness (QED) is 0.759. The Morgan fingerprint density at radius 3 is 2.38 bits per heavy atom. The van der Waals surface area contributed by atoms with Crippen molar-refractivity contribution < 1.29 is 19.5 Å². The summed E-state index contributed by atoms with van der Waals surface area (Å²) < 4.78 is 0. The highest BCUT2D eigenvalue weighted by Gasteiger charge is 2.21. The number of nitrogens with one attached hydrogen (secondary N) is 2. The number of benzene rings is 1. The minimum Gasteiger partial charge on any atom is -0.478 e. The van der Waals surface area contributed by atoms with Gasteiger partial charge in [-0.05, 0) is 17.7 Å². The molecule has 1 aromatic rings. The van der Waals surface area contributed by atoms with Gasteiger partial charge < -0.3 is 15.7 Å². The van der Waals surface area contributed by atoms with Crippen LogP contribution < -0.4 is 10.6 Å². The Labute approximate surface area is 123 Å². The van der Waals surface area contributed by atoms with Crippen LogP contribution in [0.15, 0.2) is 24.3 Å². The average Bonchev–Trinajstić information content (AvgIpc) is 2.41. The van der Waals surface area contributed by atoms with Gasteiger partial charge in [0.05, 0.1) is 12.1 Å². The molecule has 6 nitrogen and oxygen atoms in total. The van der Waals surface area contributed by atoms with Gasteiger partial charge in [-0.25, -0.2) is 4.79 Å². The fourth-order valence-corrected chi connectivity index (χ4v) is 1.50. The largest absolute Gasteiger partial charge is 0.478 e. The van der Waals surface area contributed by atoms with Crippen molar-refractivity contribution in [2.45, 2.75) is 27.3 Å².